The van der Waals surface area contributed by atoms with Crippen LogP contribution in [0.25, 0.3) is 0 Å². The van der Waals surface area contributed by atoms with Crippen molar-refractivity contribution in [1.82, 2.24) is 0 Å². The molecule has 4 atom stereocenters. The van der Waals surface area contributed by atoms with E-state index in [2.05, 4.69) is 4.52 Å². The number of hydrogen-bond donors (Lipinski definition) is 4. The van der Waals surface area contributed by atoms with Gasteiger partial charge >= 0.3 is 19.5 Å². The fourth-order valence-electron chi connectivity index (χ4n) is 0.776. The van der Waals surface area contributed by atoms with Crippen molar-refractivity contribution in [3.8, 4) is 0 Å². The fraction of sp³-hybridized carbons (Fsp3) is 0.833. The largest absolute Gasteiger partial charge is 2.00 e. The van der Waals surface area contributed by atoms with Crippen molar-refractivity contribution in [3.05, 3.63) is 0 Å². The van der Waals surface area contributed by atoms with Gasteiger partial charge in [-0.05, 0) is 0 Å². The molecule has 0 saturated heterocycles. The minimum absolute atomic E-state index is 0. The van der Waals surface area contributed by atoms with Crippen LogP contribution in [0.3, 0.4) is 0 Å². The van der Waals surface area contributed by atoms with Crippen LogP contribution in [0.1, 0.15) is 0 Å². The minimum Gasteiger partial charge on any atom is -0.790 e. The van der Waals surface area contributed by atoms with Gasteiger partial charge in [0.05, 0.1) is 14.4 Å². The molecule has 4 unspecified atom stereocenters. The maximum absolute atomic E-state index is 10.0. The van der Waals surface area contributed by atoms with Crippen LogP contribution in [0.5, 0.6) is 0 Å². The summed E-state index contributed by atoms with van der Waals surface area (Å²) < 4.78 is 13.6. The van der Waals surface area contributed by atoms with Gasteiger partial charge < -0.3 is 44.1 Å². The van der Waals surface area contributed by atoms with E-state index >= 15 is 0 Å². The Morgan fingerprint density at radius 1 is 1.18 bits per heavy atom. The van der Waals surface area contributed by atoms with E-state index in [1.807, 2.05) is 0 Å². The molecule has 0 saturated carbocycles. The van der Waals surface area contributed by atoms with E-state index < -0.39 is 38.8 Å². The molecule has 0 bridgehead atoms. The van der Waals surface area contributed by atoms with Crippen LogP contribution < -0.4 is 9.79 Å². The molecule has 0 heterocycles. The third-order valence-electron chi connectivity index (χ3n) is 1.64. The third kappa shape index (κ3) is 8.04. The Labute approximate surface area is 109 Å². The van der Waals surface area contributed by atoms with Crippen molar-refractivity contribution in [2.75, 3.05) is 6.61 Å². The van der Waals surface area contributed by atoms with Gasteiger partial charge in [0, 0.05) is 0 Å². The molecule has 17 heavy (non-hydrogen) atoms. The second-order valence-electron chi connectivity index (χ2n) is 2.92. The number of aliphatic hydroxyl groups excluding tert-OH is 4. The summed E-state index contributed by atoms with van der Waals surface area (Å²) in [5.41, 5.74) is 0. The second kappa shape index (κ2) is 8.36. The number of aliphatic hydroxyl groups is 4. The summed E-state index contributed by atoms with van der Waals surface area (Å²) in [4.78, 5) is 30.0. The zero-order chi connectivity index (χ0) is 12.9. The Balaban J connectivity index is 0. The minimum atomic E-state index is -5.30. The monoisotopic (exact) mass is 322 g/mol. The first-order chi connectivity index (χ1) is 7.19. The summed E-state index contributed by atoms with van der Waals surface area (Å²) in [5.74, 6) is 0. The van der Waals surface area contributed by atoms with Gasteiger partial charge in [0.15, 0.2) is 6.29 Å². The average molecular weight is 324 g/mol. The van der Waals surface area contributed by atoms with Gasteiger partial charge in [0.1, 0.15) is 24.4 Å². The fourth-order valence-corrected chi connectivity index (χ4v) is 1.11. The first-order valence-electron chi connectivity index (χ1n) is 4.03. The van der Waals surface area contributed by atoms with Crippen molar-refractivity contribution >= 4 is 14.1 Å². The molecule has 0 aromatic rings. The smallest absolute Gasteiger partial charge is 0.790 e. The standard InChI is InChI=1S/C6H13O9P.Zn/c7-1-3(8)5(10)6(11)4(9)2-15-16(12,13)14;/h1,3-6,8-11H,2H2,(H2,12,13,14);/q;+2/p-2. The molecule has 0 aromatic heterocycles. The Morgan fingerprint density at radius 2 is 1.65 bits per heavy atom. The zero-order valence-corrected chi connectivity index (χ0v) is 12.4. The maximum atomic E-state index is 10.0. The molecule has 0 aliphatic carbocycles. The number of rotatable bonds is 7. The summed E-state index contributed by atoms with van der Waals surface area (Å²) in [6.45, 7) is -1.09. The molecule has 0 aliphatic heterocycles. The zero-order valence-electron chi connectivity index (χ0n) is 8.58. The van der Waals surface area contributed by atoms with Crippen molar-refractivity contribution in [2.45, 2.75) is 24.4 Å². The van der Waals surface area contributed by atoms with Crippen LogP contribution in [0.15, 0.2) is 0 Å². The third-order valence-corrected chi connectivity index (χ3v) is 2.10. The number of hydrogen-bond acceptors (Lipinski definition) is 9. The van der Waals surface area contributed by atoms with E-state index in [-0.39, 0.29) is 25.8 Å². The molecule has 96 valence electrons. The van der Waals surface area contributed by atoms with Crippen LogP contribution in [0, 0.1) is 0 Å². The molecule has 4 N–H and O–H groups in total. The first-order valence-corrected chi connectivity index (χ1v) is 5.49. The Morgan fingerprint density at radius 3 is 2.00 bits per heavy atom. The number of phosphoric ester groups is 1. The molecule has 0 fully saturated rings. The summed E-state index contributed by atoms with van der Waals surface area (Å²) in [6.07, 6.45) is -8.04. The van der Waals surface area contributed by atoms with Crippen LogP contribution >= 0.6 is 7.82 Å². The summed E-state index contributed by atoms with van der Waals surface area (Å²) in [6, 6.07) is 0. The predicted octanol–water partition coefficient (Wildman–Crippen LogP) is -4.53. The van der Waals surface area contributed by atoms with Crippen LogP contribution in [0.2, 0.25) is 0 Å². The predicted molar refractivity (Wildman–Crippen MR) is 43.6 cm³/mol. The Hall–Kier alpha value is 0.243. The molecule has 0 aromatic carbocycles. The summed E-state index contributed by atoms with van der Waals surface area (Å²) in [5, 5.41) is 35.9. The topological polar surface area (TPSA) is 170 Å². The molecule has 0 rings (SSSR count). The number of carbonyl (C=O) groups is 1. The van der Waals surface area contributed by atoms with Gasteiger partial charge in [-0.25, -0.2) is 0 Å². The second-order valence-corrected chi connectivity index (χ2v) is 4.07. The van der Waals surface area contributed by atoms with Crippen molar-refractivity contribution in [3.63, 3.8) is 0 Å². The Kier molecular flexibility index (Phi) is 9.63. The van der Waals surface area contributed by atoms with Gasteiger partial charge in [-0.2, -0.15) is 0 Å². The van der Waals surface area contributed by atoms with Gasteiger partial charge in [-0.3, -0.25) is 0 Å². The van der Waals surface area contributed by atoms with E-state index in [0.717, 1.165) is 0 Å². The number of aldehydes is 1. The Bertz CT molecular complexity index is 268. The maximum Gasteiger partial charge on any atom is 2.00 e. The molecule has 0 spiro atoms. The molecule has 9 nitrogen and oxygen atoms in total. The normalized spacial score (nSPS) is 18.7. The first kappa shape index (κ1) is 19.6. The van der Waals surface area contributed by atoms with E-state index in [1.165, 1.54) is 0 Å². The van der Waals surface area contributed by atoms with Crippen molar-refractivity contribution < 1.29 is 63.6 Å². The van der Waals surface area contributed by atoms with Gasteiger partial charge in [-0.15, -0.1) is 0 Å². The number of phosphoric acid groups is 1. The van der Waals surface area contributed by atoms with Crippen molar-refractivity contribution in [2.24, 2.45) is 0 Å². The van der Waals surface area contributed by atoms with E-state index in [4.69, 9.17) is 20.4 Å². The molecular formula is C6H11O9PZn. The van der Waals surface area contributed by atoms with E-state index in [1.54, 1.807) is 0 Å². The average Bonchev–Trinajstić information content (AvgIpc) is 2.21. The number of carbonyl (C=O) groups excluding carboxylic acids is 1. The quantitative estimate of drug-likeness (QED) is 0.205. The van der Waals surface area contributed by atoms with Gasteiger partial charge in [-0.1, -0.05) is 0 Å². The SMILES string of the molecule is O=CC(O)C(O)C(O)C(O)COP(=O)([O-])[O-].[Zn+2]. The van der Waals surface area contributed by atoms with Crippen LogP contribution in [0.4, 0.5) is 0 Å². The molecular weight excluding hydrogens is 312 g/mol. The van der Waals surface area contributed by atoms with Gasteiger partial charge in [0.2, 0.25) is 0 Å². The molecule has 0 aliphatic rings. The molecule has 0 radical (unpaired) electrons. The van der Waals surface area contributed by atoms with Crippen LogP contribution in [-0.2, 0) is 33.4 Å². The molecule has 11 heteroatoms. The summed E-state index contributed by atoms with van der Waals surface area (Å²) >= 11 is 0. The van der Waals surface area contributed by atoms with E-state index in [0.29, 0.717) is 0 Å². The van der Waals surface area contributed by atoms with Crippen LogP contribution in [-0.4, -0.2) is 57.7 Å². The summed E-state index contributed by atoms with van der Waals surface area (Å²) in [7, 11) is -5.30. The van der Waals surface area contributed by atoms with Gasteiger partial charge in [0.25, 0.3) is 0 Å². The van der Waals surface area contributed by atoms with Crippen molar-refractivity contribution in [1.29, 1.82) is 0 Å². The van der Waals surface area contributed by atoms with E-state index in [9.17, 15) is 19.1 Å². The molecule has 0 amide bonds.